The zero-order chi connectivity index (χ0) is 19.4. The van der Waals surface area contributed by atoms with E-state index >= 15 is 0 Å². The monoisotopic (exact) mass is 383 g/mol. The predicted octanol–water partition coefficient (Wildman–Crippen LogP) is 3.84. The number of thioether (sulfide) groups is 1. The second-order valence-corrected chi connectivity index (χ2v) is 7.18. The number of nitrogens with one attached hydrogen (secondary N) is 1. The van der Waals surface area contributed by atoms with Crippen LogP contribution in [0.5, 0.6) is 0 Å². The Morgan fingerprint density at radius 3 is 2.85 bits per heavy atom. The van der Waals surface area contributed by atoms with Crippen molar-refractivity contribution in [2.45, 2.75) is 23.9 Å². The summed E-state index contributed by atoms with van der Waals surface area (Å²) >= 11 is 1.17. The molecule has 1 N–H and O–H groups in total. The lowest BCUT2D eigenvalue weighted by Crippen LogP contribution is -2.26. The zero-order valence-electron chi connectivity index (χ0n) is 14.7. The summed E-state index contributed by atoms with van der Waals surface area (Å²) in [6, 6.07) is 12.8. The fraction of sp³-hybridized carbons (Fsp3) is 0.150. The van der Waals surface area contributed by atoms with Gasteiger partial charge in [0.05, 0.1) is 16.2 Å². The van der Waals surface area contributed by atoms with E-state index in [0.717, 1.165) is 0 Å². The van der Waals surface area contributed by atoms with Crippen molar-refractivity contribution >= 4 is 34.3 Å². The van der Waals surface area contributed by atoms with E-state index in [4.69, 9.17) is 0 Å². The predicted molar refractivity (Wildman–Crippen MR) is 107 cm³/mol. The molecule has 3 rings (SSSR count). The Bertz CT molecular complexity index is 1060. The van der Waals surface area contributed by atoms with Gasteiger partial charge in [-0.3, -0.25) is 14.2 Å². The molecule has 7 heteroatoms. The summed E-state index contributed by atoms with van der Waals surface area (Å²) in [6.07, 6.45) is 1.61. The summed E-state index contributed by atoms with van der Waals surface area (Å²) in [5.74, 6) is -0.734. The average Bonchev–Trinajstić information content (AvgIpc) is 2.65. The number of halogens is 1. The van der Waals surface area contributed by atoms with Gasteiger partial charge in [-0.05, 0) is 37.3 Å². The Kier molecular flexibility index (Phi) is 5.71. The first-order valence-corrected chi connectivity index (χ1v) is 9.21. The van der Waals surface area contributed by atoms with Crippen molar-refractivity contribution in [3.8, 4) is 0 Å². The molecule has 27 heavy (non-hydrogen) atoms. The van der Waals surface area contributed by atoms with Crippen LogP contribution in [0.25, 0.3) is 10.9 Å². The SMILES string of the molecule is C=CCn1c(S[C@@H](C)C(=O)Nc2cccc(F)c2)nc2ccccc2c1=O. The van der Waals surface area contributed by atoms with Gasteiger partial charge in [0.1, 0.15) is 5.82 Å². The molecule has 2 aromatic carbocycles. The fourth-order valence-electron chi connectivity index (χ4n) is 2.55. The first-order valence-electron chi connectivity index (χ1n) is 8.33. The topological polar surface area (TPSA) is 64.0 Å². The van der Waals surface area contributed by atoms with Crippen molar-refractivity contribution in [1.82, 2.24) is 9.55 Å². The van der Waals surface area contributed by atoms with Crippen LogP contribution in [-0.2, 0) is 11.3 Å². The van der Waals surface area contributed by atoms with Crippen molar-refractivity contribution in [2.75, 3.05) is 5.32 Å². The van der Waals surface area contributed by atoms with Crippen molar-refractivity contribution in [3.05, 3.63) is 77.4 Å². The number of benzene rings is 2. The maximum atomic E-state index is 13.3. The highest BCUT2D eigenvalue weighted by atomic mass is 32.2. The van der Waals surface area contributed by atoms with Crippen LogP contribution < -0.4 is 10.9 Å². The van der Waals surface area contributed by atoms with E-state index in [2.05, 4.69) is 16.9 Å². The Morgan fingerprint density at radius 1 is 1.33 bits per heavy atom. The van der Waals surface area contributed by atoms with Crippen molar-refractivity contribution in [3.63, 3.8) is 0 Å². The van der Waals surface area contributed by atoms with Gasteiger partial charge in [0.15, 0.2) is 5.16 Å². The number of hydrogen-bond acceptors (Lipinski definition) is 4. The molecule has 0 saturated carbocycles. The molecule has 0 saturated heterocycles. The molecule has 0 spiro atoms. The average molecular weight is 383 g/mol. The molecule has 1 aromatic heterocycles. The van der Waals surface area contributed by atoms with Gasteiger partial charge in [0.25, 0.3) is 5.56 Å². The number of amides is 1. The highest BCUT2D eigenvalue weighted by molar-refractivity contribution is 8.00. The van der Waals surface area contributed by atoms with Crippen LogP contribution in [0.15, 0.2) is 71.1 Å². The standard InChI is InChI=1S/C20H18FN3O2S/c1-3-11-24-19(26)16-9-4-5-10-17(16)23-20(24)27-13(2)18(25)22-15-8-6-7-14(21)12-15/h3-10,12-13H,1,11H2,2H3,(H,22,25)/t13-/m0/s1. The van der Waals surface area contributed by atoms with Gasteiger partial charge in [-0.1, -0.05) is 36.0 Å². The van der Waals surface area contributed by atoms with Gasteiger partial charge in [0, 0.05) is 12.2 Å². The van der Waals surface area contributed by atoms with Crippen molar-refractivity contribution < 1.29 is 9.18 Å². The summed E-state index contributed by atoms with van der Waals surface area (Å²) in [6.45, 7) is 5.68. The maximum absolute atomic E-state index is 13.3. The normalized spacial score (nSPS) is 11.9. The lowest BCUT2D eigenvalue weighted by Gasteiger charge is -2.15. The number of allylic oxidation sites excluding steroid dienone is 1. The summed E-state index contributed by atoms with van der Waals surface area (Å²) < 4.78 is 14.8. The highest BCUT2D eigenvalue weighted by Gasteiger charge is 2.19. The third-order valence-electron chi connectivity index (χ3n) is 3.88. The highest BCUT2D eigenvalue weighted by Crippen LogP contribution is 2.24. The van der Waals surface area contributed by atoms with E-state index in [1.807, 2.05) is 0 Å². The van der Waals surface area contributed by atoms with Crippen LogP contribution in [0.3, 0.4) is 0 Å². The lowest BCUT2D eigenvalue weighted by molar-refractivity contribution is -0.115. The van der Waals surface area contributed by atoms with E-state index in [1.165, 1.54) is 34.5 Å². The van der Waals surface area contributed by atoms with Gasteiger partial charge in [-0.25, -0.2) is 9.37 Å². The van der Waals surface area contributed by atoms with E-state index in [0.29, 0.717) is 21.7 Å². The number of carbonyl (C=O) groups is 1. The number of nitrogens with zero attached hydrogens (tertiary/aromatic N) is 2. The second kappa shape index (κ2) is 8.18. The molecule has 3 aromatic rings. The van der Waals surface area contributed by atoms with Crippen molar-refractivity contribution in [1.29, 1.82) is 0 Å². The third-order valence-corrected chi connectivity index (χ3v) is 4.97. The summed E-state index contributed by atoms with van der Waals surface area (Å²) in [5, 5.41) is 3.07. The van der Waals surface area contributed by atoms with Crippen molar-refractivity contribution in [2.24, 2.45) is 0 Å². The van der Waals surface area contributed by atoms with Gasteiger partial charge in [0.2, 0.25) is 5.91 Å². The van der Waals surface area contributed by atoms with Crippen LogP contribution in [-0.4, -0.2) is 20.7 Å². The molecule has 0 bridgehead atoms. The van der Waals surface area contributed by atoms with Crippen LogP contribution in [0.4, 0.5) is 10.1 Å². The van der Waals surface area contributed by atoms with Gasteiger partial charge in [-0.2, -0.15) is 0 Å². The fourth-order valence-corrected chi connectivity index (χ4v) is 3.47. The third kappa shape index (κ3) is 4.25. The minimum Gasteiger partial charge on any atom is -0.325 e. The van der Waals surface area contributed by atoms with Crippen LogP contribution >= 0.6 is 11.8 Å². The molecule has 1 heterocycles. The van der Waals surface area contributed by atoms with Crippen LogP contribution in [0.2, 0.25) is 0 Å². The van der Waals surface area contributed by atoms with Gasteiger partial charge in [-0.15, -0.1) is 6.58 Å². The Morgan fingerprint density at radius 2 is 2.11 bits per heavy atom. The molecule has 0 radical (unpaired) electrons. The Labute approximate surface area is 159 Å². The molecule has 0 unspecified atom stereocenters. The Balaban J connectivity index is 1.88. The van der Waals surface area contributed by atoms with E-state index in [9.17, 15) is 14.0 Å². The summed E-state index contributed by atoms with van der Waals surface area (Å²) in [5.41, 5.74) is 0.770. The number of fused-ring (bicyclic) bond motifs is 1. The molecular weight excluding hydrogens is 365 g/mol. The minimum atomic E-state index is -0.544. The molecular formula is C20H18FN3O2S. The molecule has 138 valence electrons. The number of carbonyl (C=O) groups excluding carboxylic acids is 1. The Hall–Kier alpha value is -2.93. The van der Waals surface area contributed by atoms with Crippen LogP contribution in [0.1, 0.15) is 6.92 Å². The second-order valence-electron chi connectivity index (χ2n) is 5.88. The van der Waals surface area contributed by atoms with E-state index < -0.39 is 11.1 Å². The molecule has 0 fully saturated rings. The molecule has 5 nitrogen and oxygen atoms in total. The molecule has 0 aliphatic carbocycles. The largest absolute Gasteiger partial charge is 0.325 e. The zero-order valence-corrected chi connectivity index (χ0v) is 15.5. The number of aromatic nitrogens is 2. The summed E-state index contributed by atoms with van der Waals surface area (Å²) in [4.78, 5) is 29.7. The quantitative estimate of drug-likeness (QED) is 0.399. The molecule has 0 aliphatic heterocycles. The maximum Gasteiger partial charge on any atom is 0.262 e. The van der Waals surface area contributed by atoms with E-state index in [-0.39, 0.29) is 18.0 Å². The van der Waals surface area contributed by atoms with Gasteiger partial charge < -0.3 is 5.32 Å². The molecule has 1 atom stereocenters. The summed E-state index contributed by atoms with van der Waals surface area (Å²) in [7, 11) is 0. The molecule has 0 aliphatic rings. The number of hydrogen-bond donors (Lipinski definition) is 1. The number of para-hydroxylation sites is 1. The van der Waals surface area contributed by atoms with Gasteiger partial charge >= 0.3 is 0 Å². The van der Waals surface area contributed by atoms with Crippen LogP contribution in [0, 0.1) is 5.82 Å². The number of anilines is 1. The smallest absolute Gasteiger partial charge is 0.262 e. The minimum absolute atomic E-state index is 0.180. The lowest BCUT2D eigenvalue weighted by atomic mass is 10.2. The first-order chi connectivity index (χ1) is 13.0. The first kappa shape index (κ1) is 18.8. The number of rotatable bonds is 6. The molecule has 1 amide bonds. The van der Waals surface area contributed by atoms with E-state index in [1.54, 1.807) is 43.3 Å².